The van der Waals surface area contributed by atoms with Crippen LogP contribution in [0.5, 0.6) is 5.75 Å². The molecule has 0 aliphatic carbocycles. The Bertz CT molecular complexity index is 924. The molecule has 1 heterocycles. The molecule has 4 heteroatoms. The summed E-state index contributed by atoms with van der Waals surface area (Å²) in [5.74, 6) is 1.99. The van der Waals surface area contributed by atoms with E-state index in [1.165, 1.54) is 0 Å². The van der Waals surface area contributed by atoms with E-state index in [4.69, 9.17) is 13.2 Å². The maximum Gasteiger partial charge on any atom is 0.482 e. The average molecular weight is 339 g/mol. The number of benzene rings is 3. The molecule has 0 aliphatic heterocycles. The summed E-state index contributed by atoms with van der Waals surface area (Å²) < 4.78 is 11.6. The lowest BCUT2D eigenvalue weighted by Crippen LogP contribution is -1.89. The Kier molecular flexibility index (Phi) is 4.39. The first-order chi connectivity index (χ1) is 12.4. The molecule has 3 nitrogen and oxygen atoms in total. The van der Waals surface area contributed by atoms with E-state index >= 15 is 0 Å². The van der Waals surface area contributed by atoms with E-state index in [1.807, 2.05) is 84.9 Å². The van der Waals surface area contributed by atoms with Crippen LogP contribution in [-0.2, 0) is 0 Å². The molecule has 0 aliphatic rings. The molecule has 0 unspecified atom stereocenters. The Hall–Kier alpha value is -2.80. The predicted molar refractivity (Wildman–Crippen MR) is 99.2 cm³/mol. The topological polar surface area (TPSA) is 35.3 Å². The first-order valence-corrected chi connectivity index (χ1v) is 8.42. The fraction of sp³-hybridized carbons (Fsp3) is 0. The van der Waals surface area contributed by atoms with E-state index in [1.54, 1.807) is 0 Å². The van der Waals surface area contributed by atoms with Crippen LogP contribution in [0.15, 0.2) is 89.3 Å². The second kappa shape index (κ2) is 6.98. The number of nitrogens with zero attached hydrogens (tertiary/aromatic N) is 1. The quantitative estimate of drug-likeness (QED) is 0.483. The van der Waals surface area contributed by atoms with Gasteiger partial charge in [-0.05, 0) is 12.1 Å². The summed E-state index contributed by atoms with van der Waals surface area (Å²) >= 11 is 2.27. The van der Waals surface area contributed by atoms with E-state index in [2.05, 4.69) is 16.6 Å². The Labute approximate surface area is 154 Å². The van der Waals surface area contributed by atoms with Crippen molar-refractivity contribution in [3.05, 3.63) is 84.9 Å². The molecular weight excluding hydrogens is 325 g/mol. The van der Waals surface area contributed by atoms with Crippen molar-refractivity contribution in [3.63, 3.8) is 0 Å². The van der Waals surface area contributed by atoms with Crippen LogP contribution in [0.3, 0.4) is 0 Å². The van der Waals surface area contributed by atoms with Gasteiger partial charge < -0.3 is 8.21 Å². The lowest BCUT2D eigenvalue weighted by atomic mass is 10.1. The average Bonchev–Trinajstić information content (AvgIpc) is 3.14. The minimum absolute atomic E-state index is 0.538. The van der Waals surface area contributed by atoms with Crippen LogP contribution in [-0.4, -0.2) is 21.6 Å². The van der Waals surface area contributed by atoms with Crippen molar-refractivity contribution in [2.75, 3.05) is 0 Å². The predicted octanol–water partition coefficient (Wildman–Crippen LogP) is 5.14. The summed E-state index contributed by atoms with van der Waals surface area (Å²) in [5.41, 5.74) is 3.64. The Morgan fingerprint density at radius 2 is 1.32 bits per heavy atom. The molecule has 0 saturated carbocycles. The smallest absolute Gasteiger partial charge is 0.482 e. The molecule has 0 saturated heterocycles. The first-order valence-electron chi connectivity index (χ1n) is 7.94. The van der Waals surface area contributed by atoms with Crippen LogP contribution in [0, 0.1) is 0 Å². The Morgan fingerprint density at radius 1 is 0.720 bits per heavy atom. The number of aromatic nitrogens is 1. The van der Waals surface area contributed by atoms with Gasteiger partial charge >= 0.3 is 16.6 Å². The molecule has 0 amide bonds. The van der Waals surface area contributed by atoms with E-state index in [0.717, 1.165) is 28.1 Å². The molecule has 2 radical (unpaired) electrons. The number of oxazole rings is 1. The van der Waals surface area contributed by atoms with Crippen LogP contribution in [0.1, 0.15) is 0 Å². The van der Waals surface area contributed by atoms with Gasteiger partial charge in [0.05, 0.1) is 11.3 Å². The van der Waals surface area contributed by atoms with Crippen molar-refractivity contribution in [2.24, 2.45) is 0 Å². The zero-order valence-electron chi connectivity index (χ0n) is 13.4. The third-order valence-electron chi connectivity index (χ3n) is 3.95. The van der Waals surface area contributed by atoms with E-state index in [-0.39, 0.29) is 0 Å². The Morgan fingerprint density at radius 3 is 2.00 bits per heavy atom. The molecule has 1 aromatic heterocycles. The van der Waals surface area contributed by atoms with E-state index < -0.39 is 0 Å². The summed E-state index contributed by atoms with van der Waals surface area (Å²) in [5, 5.41) is 0. The second-order valence-electron chi connectivity index (χ2n) is 5.54. The second-order valence-corrected chi connectivity index (χ2v) is 5.78. The first kappa shape index (κ1) is 15.7. The third kappa shape index (κ3) is 3.10. The highest BCUT2D eigenvalue weighted by Gasteiger charge is 2.19. The van der Waals surface area contributed by atoms with Gasteiger partial charge in [0.15, 0.2) is 5.76 Å². The zero-order valence-corrected chi connectivity index (χ0v) is 14.6. The van der Waals surface area contributed by atoms with Crippen LogP contribution < -0.4 is 3.79 Å². The normalized spacial score (nSPS) is 10.6. The zero-order chi connectivity index (χ0) is 17.1. The van der Waals surface area contributed by atoms with Gasteiger partial charge in [0.2, 0.25) is 5.89 Å². The molecule has 4 rings (SSSR count). The molecule has 3 aromatic carbocycles. The summed E-state index contributed by atoms with van der Waals surface area (Å²) in [6.45, 7) is 0. The van der Waals surface area contributed by atoms with Gasteiger partial charge in [0.25, 0.3) is 0 Å². The molecule has 0 spiro atoms. The monoisotopic (exact) mass is 339 g/mol. The molecule has 25 heavy (non-hydrogen) atoms. The number of rotatable bonds is 4. The van der Waals surface area contributed by atoms with Crippen molar-refractivity contribution in [1.82, 2.24) is 4.98 Å². The van der Waals surface area contributed by atoms with Gasteiger partial charge in [0.1, 0.15) is 5.69 Å². The summed E-state index contributed by atoms with van der Waals surface area (Å²) in [6, 6.07) is 27.8. The SMILES string of the molecule is [Al][O]c1ccccc1-c1nc(-c2ccccc2)c(-c2ccccc2)o1. The molecule has 4 aromatic rings. The summed E-state index contributed by atoms with van der Waals surface area (Å²) in [6.07, 6.45) is 0. The standard InChI is InChI=1S/C21H15NO2.Al/c23-18-14-8-7-13-17(18)21-22-19(15-9-3-1-4-10-15)20(24-21)16-11-5-2-6-12-16;/h1-14,23H;/q;+1/p-1. The van der Waals surface area contributed by atoms with E-state index in [0.29, 0.717) is 11.6 Å². The highest BCUT2D eigenvalue weighted by atomic mass is 27.1. The molecule has 0 N–H and O–H groups in total. The van der Waals surface area contributed by atoms with Crippen molar-refractivity contribution in [1.29, 1.82) is 0 Å². The van der Waals surface area contributed by atoms with Crippen molar-refractivity contribution < 1.29 is 8.21 Å². The molecule has 0 fully saturated rings. The van der Waals surface area contributed by atoms with Crippen LogP contribution in [0.2, 0.25) is 0 Å². The van der Waals surface area contributed by atoms with Gasteiger partial charge in [-0.25, -0.2) is 4.98 Å². The minimum atomic E-state index is 0.538. The highest BCUT2D eigenvalue weighted by Crippen LogP contribution is 2.38. The molecule has 0 atom stereocenters. The van der Waals surface area contributed by atoms with Gasteiger partial charge in [-0.15, -0.1) is 0 Å². The summed E-state index contributed by atoms with van der Waals surface area (Å²) in [7, 11) is 0. The van der Waals surface area contributed by atoms with E-state index in [9.17, 15) is 0 Å². The lowest BCUT2D eigenvalue weighted by Gasteiger charge is -2.06. The van der Waals surface area contributed by atoms with Gasteiger partial charge in [-0.3, -0.25) is 0 Å². The van der Waals surface area contributed by atoms with Crippen molar-refractivity contribution >= 4 is 16.6 Å². The van der Waals surface area contributed by atoms with Gasteiger partial charge in [0, 0.05) is 11.1 Å². The Balaban J connectivity index is 1.93. The third-order valence-corrected chi connectivity index (χ3v) is 4.21. The fourth-order valence-corrected chi connectivity index (χ4v) is 2.96. The number of para-hydroxylation sites is 1. The highest BCUT2D eigenvalue weighted by molar-refractivity contribution is 6.00. The van der Waals surface area contributed by atoms with Crippen LogP contribution >= 0.6 is 0 Å². The fourth-order valence-electron chi connectivity index (χ4n) is 2.76. The molecule has 0 bridgehead atoms. The number of hydrogen-bond acceptors (Lipinski definition) is 3. The maximum atomic E-state index is 6.18. The lowest BCUT2D eigenvalue weighted by molar-refractivity contribution is 0.576. The molecule has 118 valence electrons. The van der Waals surface area contributed by atoms with Crippen LogP contribution in [0.25, 0.3) is 34.0 Å². The summed E-state index contributed by atoms with van der Waals surface area (Å²) in [4.78, 5) is 4.78. The van der Waals surface area contributed by atoms with Crippen molar-refractivity contribution in [3.8, 4) is 39.8 Å². The maximum absolute atomic E-state index is 6.18. The molecular formula is C21H14AlNO2. The van der Waals surface area contributed by atoms with Gasteiger partial charge in [-0.1, -0.05) is 72.8 Å². The number of hydrogen-bond donors (Lipinski definition) is 0. The van der Waals surface area contributed by atoms with Crippen molar-refractivity contribution in [2.45, 2.75) is 0 Å². The largest absolute Gasteiger partial charge is 0.653 e. The van der Waals surface area contributed by atoms with Gasteiger partial charge in [-0.2, -0.15) is 0 Å². The minimum Gasteiger partial charge on any atom is -0.653 e. The van der Waals surface area contributed by atoms with Crippen LogP contribution in [0.4, 0.5) is 0 Å².